The Bertz CT molecular complexity index is 1640. The van der Waals surface area contributed by atoms with Crippen molar-refractivity contribution in [1.82, 2.24) is 25.1 Å². The van der Waals surface area contributed by atoms with E-state index in [0.29, 0.717) is 28.7 Å². The highest BCUT2D eigenvalue weighted by atomic mass is 35.5. The minimum absolute atomic E-state index is 0.105. The van der Waals surface area contributed by atoms with Gasteiger partial charge in [-0.2, -0.15) is 4.39 Å². The minimum Gasteiger partial charge on any atom is -0.317 e. The number of carbonyl (C=O) groups excluding carboxylic acids is 1. The average molecular weight is 604 g/mol. The van der Waals surface area contributed by atoms with Crippen molar-refractivity contribution in [2.24, 2.45) is 0 Å². The quantitative estimate of drug-likeness (QED) is 0.181. The van der Waals surface area contributed by atoms with Crippen molar-refractivity contribution < 1.29 is 9.18 Å². The fourth-order valence-electron chi connectivity index (χ4n) is 6.36. The summed E-state index contributed by atoms with van der Waals surface area (Å²) in [6.07, 6.45) is 10.9. The molecule has 2 amide bonds. The second-order valence-electron chi connectivity index (χ2n) is 11.0. The third-order valence-corrected chi connectivity index (χ3v) is 9.19. The lowest BCUT2D eigenvalue weighted by atomic mass is 9.74. The Kier molecular flexibility index (Phi) is 8.10. The molecule has 9 heteroatoms. The van der Waals surface area contributed by atoms with Crippen LogP contribution in [0.1, 0.15) is 29.5 Å². The molecule has 4 heterocycles. The highest BCUT2D eigenvalue weighted by Crippen LogP contribution is 2.51. The molecule has 1 spiro atoms. The number of rotatable bonds is 6. The highest BCUT2D eigenvalue weighted by Gasteiger charge is 2.57. The smallest absolute Gasteiger partial charge is 0.317 e. The number of piperidine rings is 1. The monoisotopic (exact) mass is 602 g/mol. The van der Waals surface area contributed by atoms with Crippen molar-refractivity contribution in [3.8, 4) is 11.1 Å². The van der Waals surface area contributed by atoms with Crippen molar-refractivity contribution in [3.63, 3.8) is 0 Å². The van der Waals surface area contributed by atoms with Crippen LogP contribution in [0.25, 0.3) is 17.2 Å². The van der Waals surface area contributed by atoms with Crippen molar-refractivity contribution in [2.75, 3.05) is 26.2 Å². The van der Waals surface area contributed by atoms with Crippen LogP contribution < -0.4 is 15.1 Å². The molecule has 0 radical (unpaired) electrons. The standard InChI is InChI=1S/C33H30Cl2FN5O/c34-28-7-5-23(17-29(28)35)3-2-16-41(32(42)40-20-24-9-13-39-31(36)18-24)22-33(10-14-37-15-11-33)27-19-25(6-8-30(27)41)26-4-1-12-38-21-26/h1-9,12-13,17-19,21,37H,10-11,14-16,20,22H2/p+1/b3-2+. The van der Waals surface area contributed by atoms with E-state index in [0.717, 1.165) is 48.3 Å². The Morgan fingerprint density at radius 1 is 1.02 bits per heavy atom. The lowest BCUT2D eigenvalue weighted by Gasteiger charge is -2.36. The zero-order valence-corrected chi connectivity index (χ0v) is 24.5. The van der Waals surface area contributed by atoms with Crippen molar-refractivity contribution in [1.29, 1.82) is 0 Å². The third kappa shape index (κ3) is 5.57. The van der Waals surface area contributed by atoms with Gasteiger partial charge in [-0.05, 0) is 91.2 Å². The molecule has 1 atom stereocenters. The van der Waals surface area contributed by atoms with Gasteiger partial charge in [-0.1, -0.05) is 41.4 Å². The van der Waals surface area contributed by atoms with Gasteiger partial charge in [0.15, 0.2) is 0 Å². The van der Waals surface area contributed by atoms with Gasteiger partial charge < -0.3 is 10.6 Å². The predicted molar refractivity (Wildman–Crippen MR) is 167 cm³/mol. The van der Waals surface area contributed by atoms with E-state index in [1.165, 1.54) is 17.8 Å². The SMILES string of the molecule is O=C(NCc1ccnc(F)c1)[N+]1(C/C=C/c2ccc(Cl)c(Cl)c2)CC2(CCNCC2)c2cc(-c3cccnc3)ccc21. The first kappa shape index (κ1) is 28.5. The lowest BCUT2D eigenvalue weighted by molar-refractivity contribution is 0.189. The number of nitrogens with zero attached hydrogens (tertiary/aromatic N) is 3. The topological polar surface area (TPSA) is 66.9 Å². The largest absolute Gasteiger partial charge is 0.422 e. The van der Waals surface area contributed by atoms with Gasteiger partial charge in [-0.15, -0.1) is 0 Å². The molecule has 1 saturated heterocycles. The molecular weight excluding hydrogens is 572 g/mol. The Balaban J connectivity index is 1.41. The number of aromatic nitrogens is 2. The average Bonchev–Trinajstić information content (AvgIpc) is 3.27. The molecule has 0 saturated carbocycles. The summed E-state index contributed by atoms with van der Waals surface area (Å²) in [7, 11) is 0. The number of quaternary nitrogens is 1. The number of carbonyl (C=O) groups is 1. The zero-order valence-electron chi connectivity index (χ0n) is 23.0. The number of pyridine rings is 2. The second kappa shape index (κ2) is 11.9. The van der Waals surface area contributed by atoms with Gasteiger partial charge in [-0.25, -0.2) is 14.3 Å². The number of fused-ring (bicyclic) bond motifs is 2. The molecular formula is C33H31Cl2FN5O+. The van der Waals surface area contributed by atoms with Crippen LogP contribution in [0.2, 0.25) is 10.0 Å². The molecule has 2 N–H and O–H groups in total. The van der Waals surface area contributed by atoms with E-state index < -0.39 is 5.95 Å². The maximum Gasteiger partial charge on any atom is 0.422 e. The number of nitrogens with one attached hydrogen (secondary N) is 2. The summed E-state index contributed by atoms with van der Waals surface area (Å²) < 4.78 is 13.9. The fraction of sp³-hybridized carbons (Fsp3) is 0.242. The number of benzene rings is 2. The number of hydrogen-bond acceptors (Lipinski definition) is 4. The van der Waals surface area contributed by atoms with Gasteiger partial charge in [0.05, 0.1) is 15.5 Å². The highest BCUT2D eigenvalue weighted by molar-refractivity contribution is 6.42. The Morgan fingerprint density at radius 2 is 1.88 bits per heavy atom. The molecule has 0 bridgehead atoms. The van der Waals surface area contributed by atoms with Gasteiger partial charge in [-0.3, -0.25) is 4.98 Å². The molecule has 214 valence electrons. The van der Waals surface area contributed by atoms with Crippen LogP contribution in [0.5, 0.6) is 0 Å². The molecule has 1 fully saturated rings. The third-order valence-electron chi connectivity index (χ3n) is 8.45. The van der Waals surface area contributed by atoms with E-state index in [4.69, 9.17) is 23.2 Å². The molecule has 2 aromatic carbocycles. The minimum atomic E-state index is -0.571. The molecule has 2 aromatic heterocycles. The van der Waals surface area contributed by atoms with E-state index in [2.05, 4.69) is 44.9 Å². The number of urea groups is 1. The van der Waals surface area contributed by atoms with Gasteiger partial charge in [0.2, 0.25) is 5.95 Å². The van der Waals surface area contributed by atoms with Crippen LogP contribution in [0.15, 0.2) is 85.3 Å². The maximum atomic E-state index is 14.4. The first-order valence-corrected chi connectivity index (χ1v) is 14.8. The summed E-state index contributed by atoms with van der Waals surface area (Å²) in [6.45, 7) is 3.03. The Labute approximate surface area is 254 Å². The van der Waals surface area contributed by atoms with Crippen LogP contribution in [0.4, 0.5) is 14.9 Å². The normalized spacial score (nSPS) is 19.2. The van der Waals surface area contributed by atoms with Gasteiger partial charge >= 0.3 is 6.03 Å². The summed E-state index contributed by atoms with van der Waals surface area (Å²) in [5.41, 5.74) is 5.70. The molecule has 2 aliphatic rings. The van der Waals surface area contributed by atoms with Crippen LogP contribution in [-0.4, -0.2) is 42.2 Å². The molecule has 0 aliphatic carbocycles. The maximum absolute atomic E-state index is 14.4. The molecule has 6 nitrogen and oxygen atoms in total. The summed E-state index contributed by atoms with van der Waals surface area (Å²) in [5, 5.41) is 7.60. The van der Waals surface area contributed by atoms with Crippen LogP contribution in [0.3, 0.4) is 0 Å². The Morgan fingerprint density at radius 3 is 2.64 bits per heavy atom. The van der Waals surface area contributed by atoms with Crippen LogP contribution in [0, 0.1) is 5.95 Å². The summed E-state index contributed by atoms with van der Waals surface area (Å²) in [4.78, 5) is 22.3. The van der Waals surface area contributed by atoms with Gasteiger partial charge in [0.1, 0.15) is 18.8 Å². The van der Waals surface area contributed by atoms with E-state index in [1.807, 2.05) is 36.5 Å². The summed E-state index contributed by atoms with van der Waals surface area (Å²) >= 11 is 12.4. The molecule has 1 unspecified atom stereocenters. The molecule has 2 aliphatic heterocycles. The molecule has 42 heavy (non-hydrogen) atoms. The van der Waals surface area contributed by atoms with Crippen LogP contribution in [-0.2, 0) is 12.0 Å². The lowest BCUT2D eigenvalue weighted by Crippen LogP contribution is -2.60. The molecule has 6 rings (SSSR count). The van der Waals surface area contributed by atoms with Gasteiger partial charge in [0.25, 0.3) is 0 Å². The summed E-state index contributed by atoms with van der Waals surface area (Å²) in [5.74, 6) is -0.571. The van der Waals surface area contributed by atoms with E-state index in [-0.39, 0.29) is 22.5 Å². The van der Waals surface area contributed by atoms with E-state index in [9.17, 15) is 9.18 Å². The second-order valence-corrected chi connectivity index (χ2v) is 11.8. The zero-order chi connectivity index (χ0) is 29.2. The van der Waals surface area contributed by atoms with Crippen molar-refractivity contribution in [3.05, 3.63) is 118 Å². The number of halogens is 3. The van der Waals surface area contributed by atoms with Crippen molar-refractivity contribution >= 4 is 41.0 Å². The number of amides is 2. The van der Waals surface area contributed by atoms with Gasteiger partial charge in [0, 0.05) is 42.3 Å². The van der Waals surface area contributed by atoms with E-state index >= 15 is 0 Å². The first-order valence-electron chi connectivity index (χ1n) is 14.0. The van der Waals surface area contributed by atoms with Crippen molar-refractivity contribution in [2.45, 2.75) is 24.8 Å². The number of hydrogen-bond donors (Lipinski definition) is 2. The van der Waals surface area contributed by atoms with E-state index in [1.54, 1.807) is 18.3 Å². The molecule has 4 aromatic rings. The Hall–Kier alpha value is -3.62. The fourth-order valence-corrected chi connectivity index (χ4v) is 6.67. The van der Waals surface area contributed by atoms with Crippen LogP contribution >= 0.6 is 23.2 Å². The first-order chi connectivity index (χ1) is 20.4. The predicted octanol–water partition coefficient (Wildman–Crippen LogP) is 7.15. The summed E-state index contributed by atoms with van der Waals surface area (Å²) in [6, 6.07) is 18.9.